The first-order valence-electron chi connectivity index (χ1n) is 8.18. The van der Waals surface area contributed by atoms with Crippen molar-refractivity contribution >= 4 is 35.3 Å². The Morgan fingerprint density at radius 1 is 1.17 bits per heavy atom. The number of rotatable bonds is 2. The normalized spacial score (nSPS) is 16.5. The summed E-state index contributed by atoms with van der Waals surface area (Å²) in [6, 6.07) is 7.76. The minimum Gasteiger partial charge on any atom is -0.375 e. The number of aromatic nitrogens is 1. The van der Waals surface area contributed by atoms with Crippen LogP contribution in [0.25, 0.3) is 10.9 Å². The van der Waals surface area contributed by atoms with Gasteiger partial charge < -0.3 is 10.2 Å². The van der Waals surface area contributed by atoms with E-state index >= 15 is 0 Å². The van der Waals surface area contributed by atoms with Gasteiger partial charge in [-0.1, -0.05) is 39.0 Å². The van der Waals surface area contributed by atoms with Gasteiger partial charge in [0, 0.05) is 41.6 Å². The molecule has 1 amide bonds. The van der Waals surface area contributed by atoms with Gasteiger partial charge in [-0.05, 0) is 25.1 Å². The minimum atomic E-state index is -2.34. The van der Waals surface area contributed by atoms with Crippen molar-refractivity contribution in [2.75, 3.05) is 17.6 Å². The van der Waals surface area contributed by atoms with Crippen LogP contribution >= 0.6 is 7.49 Å². The molecule has 1 aliphatic rings. The fourth-order valence-electron chi connectivity index (χ4n) is 2.90. The molecule has 2 heterocycles. The fourth-order valence-corrected chi connectivity index (χ4v) is 5.63. The number of anilines is 1. The molecular formula is C19H24N2O2P. The molecule has 0 saturated heterocycles. The molecule has 24 heavy (non-hydrogen) atoms. The van der Waals surface area contributed by atoms with Crippen molar-refractivity contribution in [3.63, 3.8) is 0 Å². The molecule has 4 nitrogen and oxygen atoms in total. The van der Waals surface area contributed by atoms with E-state index in [4.69, 9.17) is 0 Å². The van der Waals surface area contributed by atoms with Crippen molar-refractivity contribution < 1.29 is 9.69 Å². The number of nitrogens with zero attached hydrogens (tertiary/aromatic N) is 1. The van der Waals surface area contributed by atoms with Crippen LogP contribution in [0.15, 0.2) is 36.4 Å². The van der Waals surface area contributed by atoms with Crippen LogP contribution in [0.2, 0.25) is 0 Å². The van der Waals surface area contributed by atoms with Gasteiger partial charge in [0.1, 0.15) is 0 Å². The maximum Gasteiger partial charge on any atom is 0.229 e. The van der Waals surface area contributed by atoms with E-state index < -0.39 is 12.9 Å². The van der Waals surface area contributed by atoms with Gasteiger partial charge in [-0.3, -0.25) is 9.78 Å². The first kappa shape index (κ1) is 17.1. The molecule has 0 aliphatic carbocycles. The molecule has 1 aromatic carbocycles. The lowest BCUT2D eigenvalue weighted by Gasteiger charge is -2.30. The molecule has 0 atom stereocenters. The number of pyridine rings is 1. The largest absolute Gasteiger partial charge is 0.375 e. The molecule has 0 saturated carbocycles. The molecule has 1 radical (unpaired) electrons. The van der Waals surface area contributed by atoms with E-state index in [9.17, 15) is 9.69 Å². The number of fused-ring (bicyclic) bond motifs is 1. The summed E-state index contributed by atoms with van der Waals surface area (Å²) in [6.45, 7) is 7.61. The molecule has 2 N–H and O–H groups in total. The first-order chi connectivity index (χ1) is 11.2. The van der Waals surface area contributed by atoms with Crippen molar-refractivity contribution in [2.24, 2.45) is 5.41 Å². The van der Waals surface area contributed by atoms with E-state index in [0.29, 0.717) is 18.0 Å². The Morgan fingerprint density at radius 3 is 2.46 bits per heavy atom. The van der Waals surface area contributed by atoms with E-state index in [2.05, 4.69) is 10.3 Å². The zero-order valence-electron chi connectivity index (χ0n) is 14.6. The predicted molar refractivity (Wildman–Crippen MR) is 102 cm³/mol. The highest BCUT2D eigenvalue weighted by atomic mass is 31.2. The highest BCUT2D eigenvalue weighted by Gasteiger charge is 2.33. The van der Waals surface area contributed by atoms with Crippen LogP contribution in [0.5, 0.6) is 0 Å². The topological polar surface area (TPSA) is 62.2 Å². The first-order valence-corrected chi connectivity index (χ1v) is 10.3. The summed E-state index contributed by atoms with van der Waals surface area (Å²) in [5.74, 6) is -0.0538. The summed E-state index contributed by atoms with van der Waals surface area (Å²) in [5, 5.41) is 4.84. The van der Waals surface area contributed by atoms with Gasteiger partial charge in [0.05, 0.1) is 11.2 Å². The van der Waals surface area contributed by atoms with Gasteiger partial charge in [0.25, 0.3) is 0 Å². The van der Waals surface area contributed by atoms with Crippen LogP contribution in [0, 0.1) is 12.3 Å². The van der Waals surface area contributed by atoms with Gasteiger partial charge in [-0.2, -0.15) is 0 Å². The summed E-state index contributed by atoms with van der Waals surface area (Å²) in [4.78, 5) is 28.4. The van der Waals surface area contributed by atoms with Crippen molar-refractivity contribution in [1.29, 1.82) is 0 Å². The van der Waals surface area contributed by atoms with Crippen LogP contribution in [0.4, 0.5) is 5.69 Å². The van der Waals surface area contributed by atoms with Gasteiger partial charge in [-0.15, -0.1) is 0 Å². The molecule has 1 aliphatic heterocycles. The van der Waals surface area contributed by atoms with Crippen LogP contribution in [0.3, 0.4) is 0 Å². The highest BCUT2D eigenvalue weighted by Crippen LogP contribution is 2.58. The van der Waals surface area contributed by atoms with Crippen LogP contribution in [-0.2, 0) is 4.79 Å². The number of benzene rings is 1. The third kappa shape index (κ3) is 3.09. The third-order valence-corrected chi connectivity index (χ3v) is 7.25. The Labute approximate surface area is 143 Å². The Kier molecular flexibility index (Phi) is 4.23. The molecule has 0 spiro atoms. The molecular weight excluding hydrogens is 319 g/mol. The minimum absolute atomic E-state index is 0.0538. The summed E-state index contributed by atoms with van der Waals surface area (Å²) in [5.41, 5.74) is 2.02. The van der Waals surface area contributed by atoms with E-state index in [1.54, 1.807) is 0 Å². The summed E-state index contributed by atoms with van der Waals surface area (Å²) in [7, 11) is -2.34. The lowest BCUT2D eigenvalue weighted by Crippen LogP contribution is -2.31. The monoisotopic (exact) mass is 343 g/mol. The van der Waals surface area contributed by atoms with Crippen molar-refractivity contribution in [3.05, 3.63) is 42.1 Å². The molecule has 5 heteroatoms. The molecule has 2 aromatic rings. The highest BCUT2D eigenvalue weighted by molar-refractivity contribution is 7.79. The smallest absolute Gasteiger partial charge is 0.229 e. The van der Waals surface area contributed by atoms with Crippen molar-refractivity contribution in [3.8, 4) is 0 Å². The number of carbonyl (C=O) groups excluding carboxylic acids is 1. The summed E-state index contributed by atoms with van der Waals surface area (Å²) < 4.78 is 0. The average Bonchev–Trinajstić information content (AvgIpc) is 2.93. The quantitative estimate of drug-likeness (QED) is 0.646. The van der Waals surface area contributed by atoms with Gasteiger partial charge in [-0.25, -0.2) is 0 Å². The zero-order valence-corrected chi connectivity index (χ0v) is 15.5. The lowest BCUT2D eigenvalue weighted by molar-refractivity contribution is -0.123. The molecule has 0 fully saturated rings. The van der Waals surface area contributed by atoms with Crippen LogP contribution in [0.1, 0.15) is 26.5 Å². The SMILES string of the molecule is Cc1ccc2c([P]3(O)CC=CC3)c(NC(=O)C(C)(C)C)ccc2n1. The van der Waals surface area contributed by atoms with Gasteiger partial charge in [0.2, 0.25) is 5.91 Å². The Morgan fingerprint density at radius 2 is 1.83 bits per heavy atom. The molecule has 0 unspecified atom stereocenters. The third-order valence-electron chi connectivity index (χ3n) is 4.31. The maximum absolute atomic E-state index is 12.5. The number of amides is 1. The van der Waals surface area contributed by atoms with Gasteiger partial charge >= 0.3 is 0 Å². The summed E-state index contributed by atoms with van der Waals surface area (Å²) in [6.07, 6.45) is 5.37. The van der Waals surface area contributed by atoms with E-state index in [0.717, 1.165) is 21.9 Å². The van der Waals surface area contributed by atoms with Gasteiger partial charge in [0.15, 0.2) is 0 Å². The second kappa shape index (κ2) is 5.94. The average molecular weight is 343 g/mol. The van der Waals surface area contributed by atoms with Crippen LogP contribution < -0.4 is 10.6 Å². The number of hydrogen-bond acceptors (Lipinski definition) is 3. The molecule has 1 aromatic heterocycles. The van der Waals surface area contributed by atoms with E-state index in [1.165, 1.54) is 0 Å². The molecule has 127 valence electrons. The van der Waals surface area contributed by atoms with Crippen molar-refractivity contribution in [1.82, 2.24) is 4.98 Å². The number of aryl methyl sites for hydroxylation is 1. The standard InChI is InChI=1S/C19H24N2O2P/c1-13-7-8-14-15(20-13)9-10-16(21-18(22)19(2,3)4)17(14)24(23)11-5-6-12-24/h5-10,23H,11-12H2,1-4H3,(H,21,22). The van der Waals surface area contributed by atoms with Crippen LogP contribution in [-0.4, -0.2) is 28.1 Å². The Bertz CT molecular complexity index is 829. The Balaban J connectivity index is 2.18. The number of carbonyl (C=O) groups is 1. The lowest BCUT2D eigenvalue weighted by atomic mass is 9.95. The number of nitrogens with one attached hydrogen (secondary N) is 1. The maximum atomic E-state index is 12.5. The molecule has 3 rings (SSSR count). The number of hydrogen-bond donors (Lipinski definition) is 2. The van der Waals surface area contributed by atoms with E-state index in [1.807, 2.05) is 64.1 Å². The Hall–Kier alpha value is -1.77. The van der Waals surface area contributed by atoms with E-state index in [-0.39, 0.29) is 5.91 Å². The second-order valence-corrected chi connectivity index (χ2v) is 10.5. The predicted octanol–water partition coefficient (Wildman–Crippen LogP) is 3.65. The number of allylic oxidation sites excluding steroid dienone is 2. The summed E-state index contributed by atoms with van der Waals surface area (Å²) >= 11 is 0. The zero-order chi connectivity index (χ0) is 17.5. The molecule has 0 bridgehead atoms. The van der Waals surface area contributed by atoms with Crippen molar-refractivity contribution in [2.45, 2.75) is 27.7 Å². The second-order valence-electron chi connectivity index (χ2n) is 7.44. The fraction of sp³-hybridized carbons (Fsp3) is 0.368.